The highest BCUT2D eigenvalue weighted by atomic mass is 32.2. The van der Waals surface area contributed by atoms with E-state index in [4.69, 9.17) is 9.84 Å². The Kier molecular flexibility index (Phi) is 5.71. The summed E-state index contributed by atoms with van der Waals surface area (Å²) in [5.74, 6) is -0.0119. The molecule has 1 aromatic carbocycles. The fourth-order valence-corrected chi connectivity index (χ4v) is 2.99. The number of ether oxygens (including phenoxy) is 1. The fraction of sp³-hybridized carbons (Fsp3) is 0.500. The molecule has 1 N–H and O–H groups in total. The Hall–Kier alpha value is -1.69. The van der Waals surface area contributed by atoms with E-state index in [1.165, 1.54) is 16.7 Å². The summed E-state index contributed by atoms with van der Waals surface area (Å²) in [6, 6.07) is 6.89. The standard InChI is InChI=1S/C16H21NO4S/c1-3-21-13-6-8-14(9-7-13)22-10-15(18)17(12-4-5-12)11(2)16(19)20/h6-9,11-12H,3-5,10H2,1-2H3,(H,19,20). The predicted molar refractivity (Wildman–Crippen MR) is 85.3 cm³/mol. The second-order valence-electron chi connectivity index (χ2n) is 5.24. The number of carbonyl (C=O) groups is 2. The van der Waals surface area contributed by atoms with Crippen molar-refractivity contribution in [3.63, 3.8) is 0 Å². The number of carbonyl (C=O) groups excluding carboxylic acids is 1. The van der Waals surface area contributed by atoms with E-state index in [0.717, 1.165) is 23.5 Å². The molecular formula is C16H21NO4S. The molecule has 6 heteroatoms. The summed E-state index contributed by atoms with van der Waals surface area (Å²) in [5.41, 5.74) is 0. The normalized spacial score (nSPS) is 15.2. The molecule has 1 unspecified atom stereocenters. The van der Waals surface area contributed by atoms with Crippen LogP contribution in [0.4, 0.5) is 0 Å². The first-order chi connectivity index (χ1) is 10.5. The van der Waals surface area contributed by atoms with Crippen LogP contribution in [-0.4, -0.2) is 46.3 Å². The maximum atomic E-state index is 12.3. The average molecular weight is 323 g/mol. The zero-order valence-electron chi connectivity index (χ0n) is 12.8. The van der Waals surface area contributed by atoms with Gasteiger partial charge in [0.05, 0.1) is 12.4 Å². The van der Waals surface area contributed by atoms with Crippen LogP contribution in [0.2, 0.25) is 0 Å². The quantitative estimate of drug-likeness (QED) is 0.745. The van der Waals surface area contributed by atoms with Crippen molar-refractivity contribution in [3.05, 3.63) is 24.3 Å². The topological polar surface area (TPSA) is 66.8 Å². The highest BCUT2D eigenvalue weighted by molar-refractivity contribution is 8.00. The Morgan fingerprint density at radius 3 is 2.50 bits per heavy atom. The van der Waals surface area contributed by atoms with Gasteiger partial charge in [0.15, 0.2) is 0 Å². The summed E-state index contributed by atoms with van der Waals surface area (Å²) < 4.78 is 5.37. The summed E-state index contributed by atoms with van der Waals surface area (Å²) in [7, 11) is 0. The van der Waals surface area contributed by atoms with Crippen molar-refractivity contribution in [2.24, 2.45) is 0 Å². The number of carboxylic acid groups (broad SMARTS) is 1. The van der Waals surface area contributed by atoms with E-state index in [1.54, 1.807) is 6.92 Å². The molecule has 22 heavy (non-hydrogen) atoms. The van der Waals surface area contributed by atoms with E-state index in [2.05, 4.69) is 0 Å². The highest BCUT2D eigenvalue weighted by Crippen LogP contribution is 2.30. The first-order valence-electron chi connectivity index (χ1n) is 7.42. The van der Waals surface area contributed by atoms with Gasteiger partial charge in [0, 0.05) is 10.9 Å². The Morgan fingerprint density at radius 1 is 1.36 bits per heavy atom. The number of thioether (sulfide) groups is 1. The molecule has 0 aliphatic heterocycles. The minimum Gasteiger partial charge on any atom is -0.494 e. The minimum atomic E-state index is -0.952. The second-order valence-corrected chi connectivity index (χ2v) is 6.29. The molecule has 0 heterocycles. The van der Waals surface area contributed by atoms with Gasteiger partial charge in [-0.25, -0.2) is 4.79 Å². The van der Waals surface area contributed by atoms with Gasteiger partial charge in [-0.2, -0.15) is 0 Å². The molecular weight excluding hydrogens is 302 g/mol. The second kappa shape index (κ2) is 7.54. The van der Waals surface area contributed by atoms with Crippen molar-refractivity contribution >= 4 is 23.6 Å². The van der Waals surface area contributed by atoms with Gasteiger partial charge in [-0.1, -0.05) is 0 Å². The molecule has 2 rings (SSSR count). The van der Waals surface area contributed by atoms with E-state index >= 15 is 0 Å². The first-order valence-corrected chi connectivity index (χ1v) is 8.41. The number of nitrogens with zero attached hydrogens (tertiary/aromatic N) is 1. The van der Waals surface area contributed by atoms with E-state index in [0.29, 0.717) is 6.61 Å². The van der Waals surface area contributed by atoms with Gasteiger partial charge in [0.1, 0.15) is 11.8 Å². The van der Waals surface area contributed by atoms with E-state index < -0.39 is 12.0 Å². The van der Waals surface area contributed by atoms with Crippen LogP contribution in [0.1, 0.15) is 26.7 Å². The van der Waals surface area contributed by atoms with Gasteiger partial charge in [-0.15, -0.1) is 11.8 Å². The van der Waals surface area contributed by atoms with Gasteiger partial charge in [-0.05, 0) is 51.0 Å². The van der Waals surface area contributed by atoms with Gasteiger partial charge in [-0.3, -0.25) is 4.79 Å². The number of carboxylic acids is 1. The molecule has 0 spiro atoms. The summed E-state index contributed by atoms with van der Waals surface area (Å²) in [5, 5.41) is 9.13. The lowest BCUT2D eigenvalue weighted by Gasteiger charge is -2.26. The lowest BCUT2D eigenvalue weighted by Crippen LogP contribution is -2.45. The lowest BCUT2D eigenvalue weighted by atomic mass is 10.2. The van der Waals surface area contributed by atoms with Gasteiger partial charge >= 0.3 is 5.97 Å². The third kappa shape index (κ3) is 4.40. The lowest BCUT2D eigenvalue weighted by molar-refractivity contribution is -0.148. The van der Waals surface area contributed by atoms with Crippen LogP contribution in [0.5, 0.6) is 5.75 Å². The monoisotopic (exact) mass is 323 g/mol. The fourth-order valence-electron chi connectivity index (χ4n) is 2.23. The van der Waals surface area contributed by atoms with Crippen LogP contribution >= 0.6 is 11.8 Å². The third-order valence-corrected chi connectivity index (χ3v) is 4.50. The minimum absolute atomic E-state index is 0.0968. The third-order valence-electron chi connectivity index (χ3n) is 3.50. The van der Waals surface area contributed by atoms with Crippen molar-refractivity contribution in [1.29, 1.82) is 0 Å². The van der Waals surface area contributed by atoms with E-state index in [1.807, 2.05) is 31.2 Å². The molecule has 0 bridgehead atoms. The Morgan fingerprint density at radius 2 is 2.00 bits per heavy atom. The summed E-state index contributed by atoms with van der Waals surface area (Å²) in [6.07, 6.45) is 1.80. The molecule has 1 fully saturated rings. The number of hydrogen-bond donors (Lipinski definition) is 1. The van der Waals surface area contributed by atoms with E-state index in [-0.39, 0.29) is 17.7 Å². The first kappa shape index (κ1) is 16.7. The Balaban J connectivity index is 1.91. The number of amides is 1. The van der Waals surface area contributed by atoms with Crippen LogP contribution in [0, 0.1) is 0 Å². The molecule has 1 atom stereocenters. The Labute approximate surface area is 134 Å². The van der Waals surface area contributed by atoms with E-state index in [9.17, 15) is 9.59 Å². The maximum Gasteiger partial charge on any atom is 0.326 e. The Bertz CT molecular complexity index is 527. The number of hydrogen-bond acceptors (Lipinski definition) is 4. The van der Waals surface area contributed by atoms with Crippen molar-refractivity contribution in [2.75, 3.05) is 12.4 Å². The maximum absolute atomic E-state index is 12.3. The number of rotatable bonds is 8. The molecule has 1 aromatic rings. The smallest absolute Gasteiger partial charge is 0.326 e. The molecule has 1 aliphatic rings. The average Bonchev–Trinajstić information content (AvgIpc) is 3.31. The highest BCUT2D eigenvalue weighted by Gasteiger charge is 2.38. The molecule has 0 radical (unpaired) electrons. The molecule has 120 valence electrons. The zero-order valence-corrected chi connectivity index (χ0v) is 13.6. The summed E-state index contributed by atoms with van der Waals surface area (Å²) in [4.78, 5) is 26.0. The van der Waals surface area contributed by atoms with Crippen molar-refractivity contribution in [3.8, 4) is 5.75 Å². The summed E-state index contributed by atoms with van der Waals surface area (Å²) in [6.45, 7) is 4.12. The number of benzene rings is 1. The molecule has 0 aromatic heterocycles. The SMILES string of the molecule is CCOc1ccc(SCC(=O)N(C2CC2)C(C)C(=O)O)cc1. The van der Waals surface area contributed by atoms with Crippen LogP contribution in [0.3, 0.4) is 0 Å². The van der Waals surface area contributed by atoms with Gasteiger partial charge in [0.25, 0.3) is 0 Å². The predicted octanol–water partition coefficient (Wildman–Crippen LogP) is 2.64. The van der Waals surface area contributed by atoms with Gasteiger partial charge in [0.2, 0.25) is 5.91 Å². The molecule has 1 amide bonds. The van der Waals surface area contributed by atoms with Crippen molar-refractivity contribution < 1.29 is 19.4 Å². The zero-order chi connectivity index (χ0) is 16.1. The van der Waals surface area contributed by atoms with Crippen LogP contribution in [0.25, 0.3) is 0 Å². The van der Waals surface area contributed by atoms with Crippen molar-refractivity contribution in [1.82, 2.24) is 4.90 Å². The largest absolute Gasteiger partial charge is 0.494 e. The molecule has 1 saturated carbocycles. The molecule has 0 saturated heterocycles. The summed E-state index contributed by atoms with van der Waals surface area (Å²) >= 11 is 1.42. The molecule has 5 nitrogen and oxygen atoms in total. The van der Waals surface area contributed by atoms with Crippen LogP contribution < -0.4 is 4.74 Å². The van der Waals surface area contributed by atoms with Crippen LogP contribution in [0.15, 0.2) is 29.2 Å². The van der Waals surface area contributed by atoms with Crippen molar-refractivity contribution in [2.45, 2.75) is 43.7 Å². The number of aliphatic carboxylic acids is 1. The van der Waals surface area contributed by atoms with Crippen LogP contribution in [-0.2, 0) is 9.59 Å². The molecule has 1 aliphatic carbocycles. The van der Waals surface area contributed by atoms with Gasteiger partial charge < -0.3 is 14.7 Å².